The van der Waals surface area contributed by atoms with E-state index in [9.17, 15) is 27.2 Å². The molecule has 1 fully saturated rings. The average molecular weight is 440 g/mol. The van der Waals surface area contributed by atoms with Gasteiger partial charge in [0.15, 0.2) is 0 Å². The predicted octanol–water partition coefficient (Wildman–Crippen LogP) is 4.05. The standard InChI is InChI=1S/C20H28F4O6/c1-6-8-18(7-2,9-10-27-15(25)14(3)4)16(26)28-11-17(5)29-12-19(21,22)20(23,24)13-30-17/h6H,1,3,7-13H2,2,4-5H3. The number of esters is 2. The lowest BCUT2D eigenvalue weighted by atomic mass is 9.79. The summed E-state index contributed by atoms with van der Waals surface area (Å²) in [6, 6.07) is 0. The molecule has 1 saturated heterocycles. The first-order valence-electron chi connectivity index (χ1n) is 9.38. The number of halogens is 4. The van der Waals surface area contributed by atoms with Crippen LogP contribution in [0.1, 0.15) is 40.0 Å². The molecule has 172 valence electrons. The van der Waals surface area contributed by atoms with Crippen LogP contribution in [-0.4, -0.2) is 56.0 Å². The molecular weight excluding hydrogens is 412 g/mol. The molecule has 0 amide bonds. The molecule has 1 unspecified atom stereocenters. The van der Waals surface area contributed by atoms with Crippen LogP contribution in [0.25, 0.3) is 0 Å². The van der Waals surface area contributed by atoms with Gasteiger partial charge in [0, 0.05) is 5.57 Å². The van der Waals surface area contributed by atoms with Gasteiger partial charge in [0.05, 0.1) is 12.0 Å². The molecule has 0 aromatic carbocycles. The second-order valence-electron chi connectivity index (χ2n) is 7.49. The number of carbonyl (C=O) groups excluding carboxylic acids is 2. The third-order valence-electron chi connectivity index (χ3n) is 4.93. The molecule has 30 heavy (non-hydrogen) atoms. The van der Waals surface area contributed by atoms with Crippen molar-refractivity contribution < 1.29 is 46.1 Å². The molecule has 1 aliphatic heterocycles. The van der Waals surface area contributed by atoms with Crippen LogP contribution in [0.3, 0.4) is 0 Å². The molecule has 10 heteroatoms. The van der Waals surface area contributed by atoms with Crippen LogP contribution < -0.4 is 0 Å². The maximum atomic E-state index is 13.5. The molecule has 0 N–H and O–H groups in total. The van der Waals surface area contributed by atoms with Crippen LogP contribution in [-0.2, 0) is 28.5 Å². The molecule has 0 aromatic rings. The number of rotatable bonds is 10. The lowest BCUT2D eigenvalue weighted by Gasteiger charge is -2.32. The van der Waals surface area contributed by atoms with E-state index in [1.54, 1.807) is 6.92 Å². The highest BCUT2D eigenvalue weighted by molar-refractivity contribution is 5.87. The van der Waals surface area contributed by atoms with Gasteiger partial charge in [0.25, 0.3) is 0 Å². The fraction of sp³-hybridized carbons (Fsp3) is 0.700. The van der Waals surface area contributed by atoms with Crippen LogP contribution in [0.4, 0.5) is 17.6 Å². The number of allylic oxidation sites excluding steroid dienone is 1. The normalized spacial score (nSPS) is 21.6. The van der Waals surface area contributed by atoms with Crippen molar-refractivity contribution in [1.82, 2.24) is 0 Å². The SMILES string of the molecule is C=CCC(CC)(CCOC(=O)C(=C)C)C(=O)OCC1(C)OCC(F)(F)C(F)(F)CO1. The van der Waals surface area contributed by atoms with E-state index in [2.05, 4.69) is 13.2 Å². The van der Waals surface area contributed by atoms with Gasteiger partial charge in [-0.05, 0) is 33.1 Å². The molecule has 6 nitrogen and oxygen atoms in total. The Labute approximate surface area is 173 Å². The average Bonchev–Trinajstić information content (AvgIpc) is 2.75. The summed E-state index contributed by atoms with van der Waals surface area (Å²) in [4.78, 5) is 24.3. The van der Waals surface area contributed by atoms with E-state index in [1.165, 1.54) is 13.0 Å². The Morgan fingerprint density at radius 3 is 2.10 bits per heavy atom. The summed E-state index contributed by atoms with van der Waals surface area (Å²) in [5.74, 6) is -12.2. The van der Waals surface area contributed by atoms with Crippen molar-refractivity contribution in [2.24, 2.45) is 5.41 Å². The first-order valence-corrected chi connectivity index (χ1v) is 9.38. The molecule has 0 aromatic heterocycles. The number of ether oxygens (including phenoxy) is 4. The Bertz CT molecular complexity index is 646. The Morgan fingerprint density at radius 1 is 1.13 bits per heavy atom. The van der Waals surface area contributed by atoms with Gasteiger partial charge in [0.2, 0.25) is 5.79 Å². The predicted molar refractivity (Wildman–Crippen MR) is 99.1 cm³/mol. The van der Waals surface area contributed by atoms with E-state index < -0.39 is 54.8 Å². The van der Waals surface area contributed by atoms with E-state index in [-0.39, 0.29) is 31.4 Å². The van der Waals surface area contributed by atoms with Gasteiger partial charge in [-0.25, -0.2) is 4.79 Å². The molecule has 1 atom stereocenters. The first kappa shape index (κ1) is 26.1. The minimum atomic E-state index is -4.42. The summed E-state index contributed by atoms with van der Waals surface area (Å²) < 4.78 is 73.7. The largest absolute Gasteiger partial charge is 0.462 e. The second kappa shape index (κ2) is 9.91. The van der Waals surface area contributed by atoms with Crippen molar-refractivity contribution in [2.45, 2.75) is 57.7 Å². The minimum Gasteiger partial charge on any atom is -0.462 e. The fourth-order valence-corrected chi connectivity index (χ4v) is 2.66. The minimum absolute atomic E-state index is 0.0921. The Kier molecular flexibility index (Phi) is 8.62. The van der Waals surface area contributed by atoms with E-state index in [0.717, 1.165) is 6.92 Å². The zero-order chi connectivity index (χ0) is 23.2. The Hall–Kier alpha value is -1.94. The molecule has 0 bridgehead atoms. The Morgan fingerprint density at radius 2 is 1.67 bits per heavy atom. The number of hydrogen-bond donors (Lipinski definition) is 0. The summed E-state index contributed by atoms with van der Waals surface area (Å²) in [5.41, 5.74) is -0.918. The van der Waals surface area contributed by atoms with Crippen molar-refractivity contribution in [3.63, 3.8) is 0 Å². The highest BCUT2D eigenvalue weighted by Crippen LogP contribution is 2.40. The highest BCUT2D eigenvalue weighted by Gasteiger charge is 2.60. The molecule has 0 aliphatic carbocycles. The molecular formula is C20H28F4O6. The summed E-state index contributed by atoms with van der Waals surface area (Å²) in [7, 11) is 0. The number of carbonyl (C=O) groups is 2. The number of alkyl halides is 4. The maximum Gasteiger partial charge on any atom is 0.335 e. The molecule has 0 saturated carbocycles. The van der Waals surface area contributed by atoms with Crippen molar-refractivity contribution in [1.29, 1.82) is 0 Å². The summed E-state index contributed by atoms with van der Waals surface area (Å²) in [5, 5.41) is 0. The van der Waals surface area contributed by atoms with Gasteiger partial charge >= 0.3 is 23.8 Å². The topological polar surface area (TPSA) is 71.1 Å². The lowest BCUT2D eigenvalue weighted by molar-refractivity contribution is -0.249. The summed E-state index contributed by atoms with van der Waals surface area (Å²) >= 11 is 0. The van der Waals surface area contributed by atoms with E-state index >= 15 is 0 Å². The van der Waals surface area contributed by atoms with E-state index in [0.29, 0.717) is 0 Å². The third kappa shape index (κ3) is 6.28. The second-order valence-corrected chi connectivity index (χ2v) is 7.49. The molecule has 0 radical (unpaired) electrons. The van der Waals surface area contributed by atoms with Crippen LogP contribution in [0.2, 0.25) is 0 Å². The third-order valence-corrected chi connectivity index (χ3v) is 4.93. The summed E-state index contributed by atoms with van der Waals surface area (Å²) in [6.45, 7) is 7.46. The molecule has 1 heterocycles. The van der Waals surface area contributed by atoms with Crippen LogP contribution in [0.5, 0.6) is 0 Å². The zero-order valence-electron chi connectivity index (χ0n) is 17.4. The van der Waals surface area contributed by atoms with Crippen LogP contribution in [0, 0.1) is 5.41 Å². The van der Waals surface area contributed by atoms with Gasteiger partial charge in [-0.3, -0.25) is 4.79 Å². The van der Waals surface area contributed by atoms with Crippen LogP contribution in [0.15, 0.2) is 24.8 Å². The van der Waals surface area contributed by atoms with Crippen molar-refractivity contribution in [3.8, 4) is 0 Å². The lowest BCUT2D eigenvalue weighted by Crippen LogP contribution is -2.45. The van der Waals surface area contributed by atoms with Crippen molar-refractivity contribution in [2.75, 3.05) is 26.4 Å². The monoisotopic (exact) mass is 440 g/mol. The maximum absolute atomic E-state index is 13.5. The van der Waals surface area contributed by atoms with Gasteiger partial charge in [-0.2, -0.15) is 17.6 Å². The van der Waals surface area contributed by atoms with Crippen molar-refractivity contribution >= 4 is 11.9 Å². The van der Waals surface area contributed by atoms with Gasteiger partial charge < -0.3 is 18.9 Å². The number of hydrogen-bond acceptors (Lipinski definition) is 6. The Balaban J connectivity index is 2.82. The smallest absolute Gasteiger partial charge is 0.335 e. The zero-order valence-corrected chi connectivity index (χ0v) is 17.4. The van der Waals surface area contributed by atoms with Crippen LogP contribution >= 0.6 is 0 Å². The van der Waals surface area contributed by atoms with E-state index in [1.807, 2.05) is 0 Å². The van der Waals surface area contributed by atoms with E-state index in [4.69, 9.17) is 18.9 Å². The van der Waals surface area contributed by atoms with Gasteiger partial charge in [-0.1, -0.05) is 19.6 Å². The fourth-order valence-electron chi connectivity index (χ4n) is 2.66. The van der Waals surface area contributed by atoms with Crippen molar-refractivity contribution in [3.05, 3.63) is 24.8 Å². The highest BCUT2D eigenvalue weighted by atomic mass is 19.3. The van der Waals surface area contributed by atoms with Gasteiger partial charge in [-0.15, -0.1) is 6.58 Å². The summed E-state index contributed by atoms with van der Waals surface area (Å²) in [6.07, 6.45) is 2.06. The molecule has 1 rings (SSSR count). The quantitative estimate of drug-likeness (QED) is 0.221. The van der Waals surface area contributed by atoms with Gasteiger partial charge in [0.1, 0.15) is 19.8 Å². The first-order chi connectivity index (χ1) is 13.7. The molecule has 1 aliphatic rings. The molecule has 0 spiro atoms.